The monoisotopic (exact) mass is 171 g/mol. The molecule has 1 aromatic rings. The van der Waals surface area contributed by atoms with Crippen molar-refractivity contribution in [2.24, 2.45) is 5.73 Å². The van der Waals surface area contributed by atoms with Crippen LogP contribution in [0.4, 0.5) is 0 Å². The molecule has 1 unspecified atom stereocenters. The molecular formula is C8H13NOS. The molecule has 0 spiro atoms. The fourth-order valence-corrected chi connectivity index (χ4v) is 1.44. The first-order valence-corrected chi connectivity index (χ1v) is 4.94. The summed E-state index contributed by atoms with van der Waals surface area (Å²) < 4.78 is 5.36. The SMILES string of the molecule is CSCC(N)c1ccc(C)o1. The van der Waals surface area contributed by atoms with Gasteiger partial charge in [0.05, 0.1) is 6.04 Å². The van der Waals surface area contributed by atoms with Gasteiger partial charge in [0.1, 0.15) is 11.5 Å². The quantitative estimate of drug-likeness (QED) is 0.755. The highest BCUT2D eigenvalue weighted by Gasteiger charge is 2.07. The van der Waals surface area contributed by atoms with E-state index in [1.807, 2.05) is 25.3 Å². The van der Waals surface area contributed by atoms with Gasteiger partial charge in [0.25, 0.3) is 0 Å². The van der Waals surface area contributed by atoms with E-state index in [0.717, 1.165) is 17.3 Å². The van der Waals surface area contributed by atoms with Gasteiger partial charge in [-0.2, -0.15) is 11.8 Å². The molecule has 0 aromatic carbocycles. The summed E-state index contributed by atoms with van der Waals surface area (Å²) in [7, 11) is 0. The molecule has 1 rings (SSSR count). The molecule has 62 valence electrons. The van der Waals surface area contributed by atoms with Gasteiger partial charge >= 0.3 is 0 Å². The number of hydrogen-bond acceptors (Lipinski definition) is 3. The van der Waals surface area contributed by atoms with Crippen LogP contribution >= 0.6 is 11.8 Å². The lowest BCUT2D eigenvalue weighted by atomic mass is 10.3. The number of nitrogens with two attached hydrogens (primary N) is 1. The molecule has 1 atom stereocenters. The molecule has 2 N–H and O–H groups in total. The van der Waals surface area contributed by atoms with Crippen LogP contribution in [0.1, 0.15) is 17.6 Å². The Labute approximate surface area is 71.1 Å². The number of furan rings is 1. The van der Waals surface area contributed by atoms with Crippen molar-refractivity contribution < 1.29 is 4.42 Å². The molecule has 0 aliphatic rings. The van der Waals surface area contributed by atoms with Crippen molar-refractivity contribution in [3.8, 4) is 0 Å². The molecule has 11 heavy (non-hydrogen) atoms. The Morgan fingerprint density at radius 1 is 1.64 bits per heavy atom. The Kier molecular flexibility index (Phi) is 3.02. The lowest BCUT2D eigenvalue weighted by molar-refractivity contribution is 0.460. The number of hydrogen-bond donors (Lipinski definition) is 1. The minimum Gasteiger partial charge on any atom is -0.465 e. The highest BCUT2D eigenvalue weighted by molar-refractivity contribution is 7.98. The van der Waals surface area contributed by atoms with Gasteiger partial charge in [-0.1, -0.05) is 0 Å². The summed E-state index contributed by atoms with van der Waals surface area (Å²) in [5.41, 5.74) is 5.80. The number of rotatable bonds is 3. The van der Waals surface area contributed by atoms with E-state index in [1.54, 1.807) is 11.8 Å². The van der Waals surface area contributed by atoms with Crippen molar-refractivity contribution in [2.75, 3.05) is 12.0 Å². The van der Waals surface area contributed by atoms with Gasteiger partial charge in [0, 0.05) is 5.75 Å². The molecule has 0 fully saturated rings. The zero-order valence-corrected chi connectivity index (χ0v) is 7.65. The molecule has 1 aromatic heterocycles. The predicted octanol–water partition coefficient (Wildman–Crippen LogP) is 1.95. The van der Waals surface area contributed by atoms with Crippen molar-refractivity contribution in [2.45, 2.75) is 13.0 Å². The minimum atomic E-state index is 0.0405. The van der Waals surface area contributed by atoms with E-state index in [0.29, 0.717) is 0 Å². The Balaban J connectivity index is 2.60. The average molecular weight is 171 g/mol. The Bertz CT molecular complexity index is 222. The summed E-state index contributed by atoms with van der Waals surface area (Å²) >= 11 is 1.73. The van der Waals surface area contributed by atoms with Crippen LogP contribution in [0.15, 0.2) is 16.5 Å². The first kappa shape index (κ1) is 8.68. The Morgan fingerprint density at radius 3 is 2.82 bits per heavy atom. The van der Waals surface area contributed by atoms with E-state index in [9.17, 15) is 0 Å². The molecular weight excluding hydrogens is 158 g/mol. The second kappa shape index (κ2) is 3.83. The van der Waals surface area contributed by atoms with Gasteiger partial charge < -0.3 is 10.2 Å². The zero-order valence-electron chi connectivity index (χ0n) is 6.83. The van der Waals surface area contributed by atoms with E-state index >= 15 is 0 Å². The summed E-state index contributed by atoms with van der Waals surface area (Å²) in [5, 5.41) is 0. The molecule has 0 aliphatic heterocycles. The fraction of sp³-hybridized carbons (Fsp3) is 0.500. The van der Waals surface area contributed by atoms with Crippen molar-refractivity contribution in [3.05, 3.63) is 23.7 Å². The second-order valence-electron chi connectivity index (χ2n) is 2.51. The van der Waals surface area contributed by atoms with E-state index in [-0.39, 0.29) is 6.04 Å². The number of thioether (sulfide) groups is 1. The summed E-state index contributed by atoms with van der Waals surface area (Å²) in [6, 6.07) is 3.92. The molecule has 3 heteroatoms. The van der Waals surface area contributed by atoms with E-state index in [1.165, 1.54) is 0 Å². The van der Waals surface area contributed by atoms with Crippen LogP contribution < -0.4 is 5.73 Å². The maximum atomic E-state index is 5.80. The minimum absolute atomic E-state index is 0.0405. The smallest absolute Gasteiger partial charge is 0.121 e. The van der Waals surface area contributed by atoms with Crippen molar-refractivity contribution in [1.29, 1.82) is 0 Å². The molecule has 0 amide bonds. The van der Waals surface area contributed by atoms with Crippen molar-refractivity contribution in [3.63, 3.8) is 0 Å². The van der Waals surface area contributed by atoms with Crippen LogP contribution in [0.25, 0.3) is 0 Å². The van der Waals surface area contributed by atoms with Crippen LogP contribution in [0.5, 0.6) is 0 Å². The van der Waals surface area contributed by atoms with Crippen molar-refractivity contribution >= 4 is 11.8 Å². The summed E-state index contributed by atoms with van der Waals surface area (Å²) in [6.45, 7) is 1.93. The van der Waals surface area contributed by atoms with Crippen LogP contribution in [0.3, 0.4) is 0 Å². The molecule has 0 saturated heterocycles. The maximum Gasteiger partial charge on any atom is 0.121 e. The van der Waals surface area contributed by atoms with Gasteiger partial charge in [0.15, 0.2) is 0 Å². The molecule has 1 heterocycles. The lowest BCUT2D eigenvalue weighted by Crippen LogP contribution is -2.11. The second-order valence-corrected chi connectivity index (χ2v) is 3.42. The molecule has 2 nitrogen and oxygen atoms in total. The van der Waals surface area contributed by atoms with E-state index < -0.39 is 0 Å². The summed E-state index contributed by atoms with van der Waals surface area (Å²) in [6.07, 6.45) is 2.04. The third kappa shape index (κ3) is 2.27. The molecule has 0 radical (unpaired) electrons. The Morgan fingerprint density at radius 2 is 2.36 bits per heavy atom. The first-order valence-electron chi connectivity index (χ1n) is 3.55. The van der Waals surface area contributed by atoms with Gasteiger partial charge in [-0.25, -0.2) is 0 Å². The van der Waals surface area contributed by atoms with Crippen molar-refractivity contribution in [1.82, 2.24) is 0 Å². The predicted molar refractivity (Wildman–Crippen MR) is 48.8 cm³/mol. The van der Waals surface area contributed by atoms with Crippen LogP contribution in [-0.4, -0.2) is 12.0 Å². The lowest BCUT2D eigenvalue weighted by Gasteiger charge is -2.04. The highest BCUT2D eigenvalue weighted by Crippen LogP contribution is 2.16. The van der Waals surface area contributed by atoms with Gasteiger partial charge in [0.2, 0.25) is 0 Å². The standard InChI is InChI=1S/C8H13NOS/c1-6-3-4-8(10-6)7(9)5-11-2/h3-4,7H,5,9H2,1-2H3. The van der Waals surface area contributed by atoms with Gasteiger partial charge in [-0.05, 0) is 25.3 Å². The third-order valence-electron chi connectivity index (χ3n) is 1.47. The fourth-order valence-electron chi connectivity index (χ4n) is 0.914. The third-order valence-corrected chi connectivity index (χ3v) is 2.17. The number of aryl methyl sites for hydroxylation is 1. The van der Waals surface area contributed by atoms with E-state index in [2.05, 4.69) is 0 Å². The highest BCUT2D eigenvalue weighted by atomic mass is 32.2. The zero-order chi connectivity index (χ0) is 8.27. The molecule has 0 bridgehead atoms. The average Bonchev–Trinajstić information content (AvgIpc) is 2.36. The Hall–Kier alpha value is -0.410. The molecule has 0 saturated carbocycles. The first-order chi connectivity index (χ1) is 5.24. The maximum absolute atomic E-state index is 5.80. The largest absolute Gasteiger partial charge is 0.465 e. The van der Waals surface area contributed by atoms with Crippen LogP contribution in [0, 0.1) is 6.92 Å². The van der Waals surface area contributed by atoms with Crippen LogP contribution in [-0.2, 0) is 0 Å². The van der Waals surface area contributed by atoms with E-state index in [4.69, 9.17) is 10.2 Å². The van der Waals surface area contributed by atoms with Gasteiger partial charge in [-0.3, -0.25) is 0 Å². The van der Waals surface area contributed by atoms with Crippen LogP contribution in [0.2, 0.25) is 0 Å². The summed E-state index contributed by atoms with van der Waals surface area (Å²) in [5.74, 6) is 2.72. The summed E-state index contributed by atoms with van der Waals surface area (Å²) in [4.78, 5) is 0. The topological polar surface area (TPSA) is 39.2 Å². The van der Waals surface area contributed by atoms with Gasteiger partial charge in [-0.15, -0.1) is 0 Å². The normalized spacial score (nSPS) is 13.4. The molecule has 0 aliphatic carbocycles.